The summed E-state index contributed by atoms with van der Waals surface area (Å²) in [5, 5.41) is 21.3. The van der Waals surface area contributed by atoms with Gasteiger partial charge in [-0.15, -0.1) is 0 Å². The van der Waals surface area contributed by atoms with E-state index in [4.69, 9.17) is 0 Å². The van der Waals surface area contributed by atoms with Crippen LogP contribution in [0.1, 0.15) is 53.4 Å². The van der Waals surface area contributed by atoms with Crippen molar-refractivity contribution in [1.82, 2.24) is 0 Å². The molecule has 0 spiro atoms. The van der Waals surface area contributed by atoms with Crippen molar-refractivity contribution in [2.45, 2.75) is 65.1 Å². The molecule has 0 bridgehead atoms. The molecule has 128 valence electrons. The quantitative estimate of drug-likeness (QED) is 0.673. The zero-order valence-electron chi connectivity index (χ0n) is 14.5. The summed E-state index contributed by atoms with van der Waals surface area (Å²) in [5.41, 5.74) is -1.60. The lowest BCUT2D eigenvalue weighted by Gasteiger charge is -2.29. The first-order chi connectivity index (χ1) is 10.6. The molecule has 0 aromatic rings. The average molecular weight is 320 g/mol. The lowest BCUT2D eigenvalue weighted by Crippen LogP contribution is -2.44. The second-order valence-electron chi connectivity index (χ2n) is 7.82. The first-order valence-electron chi connectivity index (χ1n) is 8.41. The van der Waals surface area contributed by atoms with E-state index in [0.717, 1.165) is 0 Å². The number of aliphatic hydroxyl groups is 2. The Morgan fingerprint density at radius 3 is 2.57 bits per heavy atom. The van der Waals surface area contributed by atoms with Crippen LogP contribution in [0.3, 0.4) is 0 Å². The van der Waals surface area contributed by atoms with Crippen molar-refractivity contribution < 1.29 is 19.8 Å². The summed E-state index contributed by atoms with van der Waals surface area (Å²) < 4.78 is 0. The molecule has 0 saturated heterocycles. The van der Waals surface area contributed by atoms with Crippen LogP contribution in [0, 0.1) is 17.3 Å². The molecular weight excluding hydrogens is 292 g/mol. The maximum Gasteiger partial charge on any atom is 0.190 e. The van der Waals surface area contributed by atoms with Gasteiger partial charge in [-0.2, -0.15) is 0 Å². The molecule has 2 N–H and O–H groups in total. The Labute approximate surface area is 138 Å². The summed E-state index contributed by atoms with van der Waals surface area (Å²) in [6.07, 6.45) is 6.29. The first-order valence-corrected chi connectivity index (χ1v) is 8.41. The van der Waals surface area contributed by atoms with Crippen LogP contribution in [0.15, 0.2) is 23.8 Å². The van der Waals surface area contributed by atoms with Crippen LogP contribution in [-0.4, -0.2) is 33.5 Å². The van der Waals surface area contributed by atoms with E-state index in [1.807, 2.05) is 26.8 Å². The second-order valence-corrected chi connectivity index (χ2v) is 7.82. The highest BCUT2D eigenvalue weighted by Gasteiger charge is 2.54. The van der Waals surface area contributed by atoms with Crippen molar-refractivity contribution in [1.29, 1.82) is 0 Å². The van der Waals surface area contributed by atoms with Gasteiger partial charge in [0.05, 0.1) is 6.10 Å². The third kappa shape index (κ3) is 3.33. The predicted octanol–water partition coefficient (Wildman–Crippen LogP) is 2.59. The molecule has 1 saturated carbocycles. The number of aliphatic hydroxyl groups excluding tert-OH is 1. The van der Waals surface area contributed by atoms with Gasteiger partial charge in [-0.1, -0.05) is 39.0 Å². The Morgan fingerprint density at radius 2 is 1.91 bits per heavy atom. The van der Waals surface area contributed by atoms with Gasteiger partial charge >= 0.3 is 0 Å². The molecule has 2 aliphatic rings. The molecule has 2 aliphatic carbocycles. The highest BCUT2D eigenvalue weighted by molar-refractivity contribution is 6.02. The Hall–Kier alpha value is -1.26. The Bertz CT molecular complexity index is 558. The van der Waals surface area contributed by atoms with Crippen molar-refractivity contribution in [2.24, 2.45) is 17.3 Å². The molecule has 4 nitrogen and oxygen atoms in total. The molecular formula is C19H28O4. The van der Waals surface area contributed by atoms with Crippen LogP contribution in [0.25, 0.3) is 0 Å². The maximum atomic E-state index is 12.8. The number of Topliss-reactive ketones (excluding diaryl/α,β-unsaturated/α-hetero) is 2. The van der Waals surface area contributed by atoms with Crippen molar-refractivity contribution in [3.05, 3.63) is 23.8 Å². The van der Waals surface area contributed by atoms with E-state index in [2.05, 4.69) is 0 Å². The molecule has 0 aromatic carbocycles. The molecule has 4 heteroatoms. The van der Waals surface area contributed by atoms with E-state index in [0.29, 0.717) is 24.8 Å². The smallest absolute Gasteiger partial charge is 0.190 e. The summed E-state index contributed by atoms with van der Waals surface area (Å²) in [5.74, 6) is -0.931. The van der Waals surface area contributed by atoms with E-state index < -0.39 is 23.0 Å². The van der Waals surface area contributed by atoms with E-state index in [1.165, 1.54) is 0 Å². The highest BCUT2D eigenvalue weighted by atomic mass is 16.3. The second kappa shape index (κ2) is 6.33. The zero-order chi connectivity index (χ0) is 17.4. The minimum Gasteiger partial charge on any atom is -0.392 e. The summed E-state index contributed by atoms with van der Waals surface area (Å²) in [7, 11) is 0. The largest absolute Gasteiger partial charge is 0.392 e. The SMILES string of the molecule is C/C1=C\CC(C)(C)C(=O)CC/C=C/[C@H]2[C@H](O)[C@@H](C)C[C@]2(O)C1=O. The fraction of sp³-hybridized carbons (Fsp3) is 0.684. The molecule has 0 radical (unpaired) electrons. The first kappa shape index (κ1) is 18.1. The molecule has 0 amide bonds. The molecule has 0 heterocycles. The van der Waals surface area contributed by atoms with Gasteiger partial charge in [0, 0.05) is 17.8 Å². The number of carbonyl (C=O) groups excluding carboxylic acids is 2. The normalized spacial score (nSPS) is 42.2. The number of carbonyl (C=O) groups is 2. The molecule has 0 aromatic heterocycles. The third-order valence-electron chi connectivity index (χ3n) is 5.44. The summed E-state index contributed by atoms with van der Waals surface area (Å²) >= 11 is 0. The van der Waals surface area contributed by atoms with Crippen LogP contribution in [-0.2, 0) is 9.59 Å². The van der Waals surface area contributed by atoms with Gasteiger partial charge < -0.3 is 10.2 Å². The minimum atomic E-state index is -1.55. The van der Waals surface area contributed by atoms with Gasteiger partial charge in [0.2, 0.25) is 0 Å². The molecule has 0 aliphatic heterocycles. The standard InChI is InChI=1S/C19H28O4/c1-12-9-10-18(3,4)15(20)8-6-5-7-14-16(21)13(2)11-19(14,23)17(12)22/h5,7,9,13-14,16,21,23H,6,8,10-11H2,1-4H3/b7-5+,12-9+/t13-,14-,16+,19+/m0/s1. The molecule has 23 heavy (non-hydrogen) atoms. The van der Waals surface area contributed by atoms with Crippen molar-refractivity contribution in [3.63, 3.8) is 0 Å². The van der Waals surface area contributed by atoms with Crippen LogP contribution in [0.2, 0.25) is 0 Å². The fourth-order valence-electron chi connectivity index (χ4n) is 3.65. The Balaban J connectivity index is 2.42. The number of ketones is 2. The average Bonchev–Trinajstić information content (AvgIpc) is 2.70. The van der Waals surface area contributed by atoms with Crippen LogP contribution in [0.5, 0.6) is 0 Å². The fourth-order valence-corrected chi connectivity index (χ4v) is 3.65. The number of hydrogen-bond acceptors (Lipinski definition) is 4. The maximum absolute atomic E-state index is 12.8. The lowest BCUT2D eigenvalue weighted by molar-refractivity contribution is -0.136. The van der Waals surface area contributed by atoms with Crippen LogP contribution in [0.4, 0.5) is 0 Å². The molecule has 1 fully saturated rings. The Kier molecular flexibility index (Phi) is 4.97. The summed E-state index contributed by atoms with van der Waals surface area (Å²) in [6, 6.07) is 0. The van der Waals surface area contributed by atoms with Gasteiger partial charge in [0.1, 0.15) is 11.4 Å². The zero-order valence-corrected chi connectivity index (χ0v) is 14.5. The van der Waals surface area contributed by atoms with Crippen molar-refractivity contribution in [2.75, 3.05) is 0 Å². The van der Waals surface area contributed by atoms with E-state index in [-0.39, 0.29) is 23.9 Å². The van der Waals surface area contributed by atoms with E-state index in [9.17, 15) is 19.8 Å². The van der Waals surface area contributed by atoms with Crippen LogP contribution >= 0.6 is 0 Å². The van der Waals surface area contributed by atoms with Crippen LogP contribution < -0.4 is 0 Å². The van der Waals surface area contributed by atoms with Crippen molar-refractivity contribution in [3.8, 4) is 0 Å². The number of fused-ring (bicyclic) bond motifs is 1. The van der Waals surface area contributed by atoms with E-state index in [1.54, 1.807) is 19.1 Å². The predicted molar refractivity (Wildman–Crippen MR) is 88.8 cm³/mol. The van der Waals surface area contributed by atoms with Gasteiger partial charge in [0.15, 0.2) is 5.78 Å². The summed E-state index contributed by atoms with van der Waals surface area (Å²) in [6.45, 7) is 7.30. The number of hydrogen-bond donors (Lipinski definition) is 2. The molecule has 0 unspecified atom stereocenters. The van der Waals surface area contributed by atoms with E-state index >= 15 is 0 Å². The monoisotopic (exact) mass is 320 g/mol. The topological polar surface area (TPSA) is 74.6 Å². The summed E-state index contributed by atoms with van der Waals surface area (Å²) in [4.78, 5) is 25.1. The van der Waals surface area contributed by atoms with Gasteiger partial charge in [-0.05, 0) is 37.7 Å². The molecule has 2 rings (SSSR count). The lowest BCUT2D eigenvalue weighted by atomic mass is 9.78. The van der Waals surface area contributed by atoms with Crippen molar-refractivity contribution >= 4 is 11.6 Å². The van der Waals surface area contributed by atoms with Gasteiger partial charge in [-0.3, -0.25) is 9.59 Å². The number of allylic oxidation sites excluding steroid dienone is 2. The minimum absolute atomic E-state index is 0.144. The highest BCUT2D eigenvalue weighted by Crippen LogP contribution is 2.43. The number of rotatable bonds is 0. The van der Waals surface area contributed by atoms with Gasteiger partial charge in [0.25, 0.3) is 0 Å². The van der Waals surface area contributed by atoms with Gasteiger partial charge in [-0.25, -0.2) is 0 Å². The Morgan fingerprint density at radius 1 is 1.26 bits per heavy atom. The third-order valence-corrected chi connectivity index (χ3v) is 5.44. The molecule has 4 atom stereocenters.